The van der Waals surface area contributed by atoms with Crippen LogP contribution in [0.15, 0.2) is 47.4 Å². The van der Waals surface area contributed by atoms with Crippen molar-refractivity contribution in [2.45, 2.75) is 19.9 Å². The molecule has 0 aliphatic carbocycles. The van der Waals surface area contributed by atoms with Gasteiger partial charge in [0, 0.05) is 42.8 Å². The first kappa shape index (κ1) is 15.3. The maximum absolute atomic E-state index is 5.39. The van der Waals surface area contributed by atoms with Crippen molar-refractivity contribution in [3.05, 3.63) is 54.4 Å². The van der Waals surface area contributed by atoms with Gasteiger partial charge < -0.3 is 9.42 Å². The van der Waals surface area contributed by atoms with Crippen LogP contribution in [-0.2, 0) is 13.0 Å². The minimum Gasteiger partial charge on any atom is -0.350 e. The molecule has 0 spiro atoms. The molecule has 4 aromatic heterocycles. The summed E-state index contributed by atoms with van der Waals surface area (Å²) in [4.78, 5) is 15.1. The van der Waals surface area contributed by atoms with E-state index in [1.807, 2.05) is 36.2 Å². The lowest BCUT2D eigenvalue weighted by molar-refractivity contribution is 0.378. The Morgan fingerprint density at radius 3 is 2.92 bits per heavy atom. The molecule has 0 amide bonds. The van der Waals surface area contributed by atoms with E-state index in [1.54, 1.807) is 23.1 Å². The molecule has 0 N–H and O–H groups in total. The number of hydrogen-bond acceptors (Lipinski definition) is 7. The van der Waals surface area contributed by atoms with E-state index in [2.05, 4.69) is 32.1 Å². The van der Waals surface area contributed by atoms with Gasteiger partial charge in [-0.05, 0) is 18.6 Å². The summed E-state index contributed by atoms with van der Waals surface area (Å²) in [5.74, 6) is 1.98. The summed E-state index contributed by atoms with van der Waals surface area (Å²) in [6.07, 6.45) is 6.02. The highest BCUT2D eigenvalue weighted by Gasteiger charge is 2.15. The lowest BCUT2D eigenvalue weighted by atomic mass is 10.3. The molecule has 0 saturated heterocycles. The normalized spacial score (nSPS) is 11.1. The van der Waals surface area contributed by atoms with Crippen LogP contribution in [0.3, 0.4) is 0 Å². The molecule has 0 atom stereocenters. The van der Waals surface area contributed by atoms with Crippen molar-refractivity contribution in [2.24, 2.45) is 0 Å². The van der Waals surface area contributed by atoms with E-state index in [0.29, 0.717) is 18.3 Å². The van der Waals surface area contributed by atoms with Crippen LogP contribution in [0, 0.1) is 0 Å². The summed E-state index contributed by atoms with van der Waals surface area (Å²) in [6.45, 7) is 2.55. The summed E-state index contributed by atoms with van der Waals surface area (Å²) >= 11 is 0. The van der Waals surface area contributed by atoms with E-state index in [0.717, 1.165) is 29.1 Å². The predicted octanol–water partition coefficient (Wildman–Crippen LogP) is 2.37. The number of hydrogen-bond donors (Lipinski definition) is 0. The molecule has 8 nitrogen and oxygen atoms in total. The van der Waals surface area contributed by atoms with Crippen molar-refractivity contribution in [2.75, 3.05) is 11.9 Å². The van der Waals surface area contributed by atoms with Crippen molar-refractivity contribution in [3.63, 3.8) is 0 Å². The molecule has 0 unspecified atom stereocenters. The van der Waals surface area contributed by atoms with Gasteiger partial charge >= 0.3 is 0 Å². The highest BCUT2D eigenvalue weighted by atomic mass is 16.5. The monoisotopic (exact) mass is 335 g/mol. The lowest BCUT2D eigenvalue weighted by Gasteiger charge is -2.18. The van der Waals surface area contributed by atoms with E-state index in [9.17, 15) is 0 Å². The third kappa shape index (κ3) is 2.93. The third-order valence-electron chi connectivity index (χ3n) is 3.91. The number of nitrogens with zero attached hydrogens (tertiary/aromatic N) is 7. The van der Waals surface area contributed by atoms with Gasteiger partial charge in [-0.15, -0.1) is 0 Å². The molecule has 0 bridgehead atoms. The Kier molecular flexibility index (Phi) is 3.85. The van der Waals surface area contributed by atoms with Crippen molar-refractivity contribution in [1.29, 1.82) is 0 Å². The Balaban J connectivity index is 1.61. The summed E-state index contributed by atoms with van der Waals surface area (Å²) in [6, 6.07) is 7.66. The number of aromatic nitrogens is 6. The Morgan fingerprint density at radius 1 is 1.20 bits per heavy atom. The summed E-state index contributed by atoms with van der Waals surface area (Å²) < 4.78 is 7.19. The van der Waals surface area contributed by atoms with Crippen LogP contribution in [0.2, 0.25) is 0 Å². The fourth-order valence-electron chi connectivity index (χ4n) is 2.62. The molecule has 0 aromatic carbocycles. The van der Waals surface area contributed by atoms with Crippen LogP contribution in [-0.4, -0.2) is 36.8 Å². The van der Waals surface area contributed by atoms with Gasteiger partial charge in [0.1, 0.15) is 5.82 Å². The van der Waals surface area contributed by atoms with Crippen LogP contribution < -0.4 is 4.90 Å². The zero-order valence-corrected chi connectivity index (χ0v) is 14.0. The molecule has 0 saturated carbocycles. The maximum atomic E-state index is 5.39. The first-order valence-electron chi connectivity index (χ1n) is 8.02. The van der Waals surface area contributed by atoms with E-state index in [-0.39, 0.29) is 0 Å². The van der Waals surface area contributed by atoms with Gasteiger partial charge in [0.25, 0.3) is 0 Å². The average molecular weight is 335 g/mol. The quantitative estimate of drug-likeness (QED) is 0.553. The van der Waals surface area contributed by atoms with Gasteiger partial charge in [0.05, 0.1) is 12.7 Å². The summed E-state index contributed by atoms with van der Waals surface area (Å²) in [5.41, 5.74) is 2.66. The second kappa shape index (κ2) is 6.31. The van der Waals surface area contributed by atoms with Gasteiger partial charge in [0.15, 0.2) is 5.65 Å². The van der Waals surface area contributed by atoms with Gasteiger partial charge in [-0.2, -0.15) is 14.6 Å². The van der Waals surface area contributed by atoms with Crippen molar-refractivity contribution in [3.8, 4) is 11.4 Å². The lowest BCUT2D eigenvalue weighted by Crippen LogP contribution is -2.20. The molecule has 0 aliphatic heterocycles. The largest absolute Gasteiger partial charge is 0.350 e. The molecule has 4 heterocycles. The Bertz CT molecular complexity index is 993. The Morgan fingerprint density at radius 2 is 2.12 bits per heavy atom. The molecule has 0 radical (unpaired) electrons. The van der Waals surface area contributed by atoms with E-state index < -0.39 is 0 Å². The highest BCUT2D eigenvalue weighted by Crippen LogP contribution is 2.19. The maximum Gasteiger partial charge on any atom is 0.246 e. The molecule has 8 heteroatoms. The molecular formula is C17H17N7O. The third-order valence-corrected chi connectivity index (χ3v) is 3.91. The van der Waals surface area contributed by atoms with Crippen molar-refractivity contribution < 1.29 is 4.52 Å². The summed E-state index contributed by atoms with van der Waals surface area (Å²) in [7, 11) is 1.96. The smallest absolute Gasteiger partial charge is 0.246 e. The van der Waals surface area contributed by atoms with Gasteiger partial charge in [0.2, 0.25) is 11.7 Å². The Labute approximate surface area is 144 Å². The van der Waals surface area contributed by atoms with E-state index in [1.165, 1.54) is 0 Å². The van der Waals surface area contributed by atoms with Crippen molar-refractivity contribution in [1.82, 2.24) is 29.7 Å². The fourth-order valence-corrected chi connectivity index (χ4v) is 2.62. The van der Waals surface area contributed by atoms with Crippen LogP contribution in [0.5, 0.6) is 0 Å². The summed E-state index contributed by atoms with van der Waals surface area (Å²) in [5, 5.41) is 8.38. The van der Waals surface area contributed by atoms with Gasteiger partial charge in [-0.3, -0.25) is 4.98 Å². The number of pyridine rings is 1. The van der Waals surface area contributed by atoms with Crippen LogP contribution in [0.1, 0.15) is 18.5 Å². The average Bonchev–Trinajstić information content (AvgIpc) is 3.30. The van der Waals surface area contributed by atoms with E-state index in [4.69, 9.17) is 4.52 Å². The molecule has 4 rings (SSSR count). The van der Waals surface area contributed by atoms with Crippen LogP contribution in [0.25, 0.3) is 17.0 Å². The van der Waals surface area contributed by atoms with E-state index >= 15 is 0 Å². The van der Waals surface area contributed by atoms with Crippen molar-refractivity contribution >= 4 is 11.5 Å². The van der Waals surface area contributed by atoms with Crippen LogP contribution >= 0.6 is 0 Å². The molecular weight excluding hydrogens is 318 g/mol. The molecule has 0 aliphatic rings. The van der Waals surface area contributed by atoms with Gasteiger partial charge in [-0.25, -0.2) is 4.98 Å². The first-order valence-corrected chi connectivity index (χ1v) is 8.02. The second-order valence-corrected chi connectivity index (χ2v) is 5.67. The minimum atomic E-state index is 0.468. The predicted molar refractivity (Wildman–Crippen MR) is 92.0 cm³/mol. The zero-order valence-electron chi connectivity index (χ0n) is 14.0. The van der Waals surface area contributed by atoms with Gasteiger partial charge in [-0.1, -0.05) is 12.1 Å². The zero-order chi connectivity index (χ0) is 17.2. The topological polar surface area (TPSA) is 85.2 Å². The molecule has 4 aromatic rings. The Hall–Kier alpha value is -3.29. The standard InChI is InChI=1S/C17H17N7O/c1-3-13-9-16(24-14(20-13)6-8-19-24)23(2)11-15-21-17(22-25-15)12-5-4-7-18-10-12/h4-10H,3,11H2,1-2H3. The highest BCUT2D eigenvalue weighted by molar-refractivity contribution is 5.52. The number of fused-ring (bicyclic) bond motifs is 1. The van der Waals surface area contributed by atoms with Crippen LogP contribution in [0.4, 0.5) is 5.82 Å². The molecule has 25 heavy (non-hydrogen) atoms. The molecule has 0 fully saturated rings. The fraction of sp³-hybridized carbons (Fsp3) is 0.235. The second-order valence-electron chi connectivity index (χ2n) is 5.67. The SMILES string of the molecule is CCc1cc(N(C)Cc2nc(-c3cccnc3)no2)n2nccc2n1. The number of anilines is 1. The number of rotatable bonds is 5. The molecule has 126 valence electrons. The first-order chi connectivity index (χ1) is 12.2. The number of aryl methyl sites for hydroxylation is 1. The minimum absolute atomic E-state index is 0.468.